The van der Waals surface area contributed by atoms with Crippen LogP contribution in [0, 0.1) is 6.92 Å². The number of piperidine rings is 1. The van der Waals surface area contributed by atoms with Gasteiger partial charge in [-0.2, -0.15) is 13.2 Å². The molecule has 0 bridgehead atoms. The molecule has 1 aromatic heterocycles. The van der Waals surface area contributed by atoms with Gasteiger partial charge in [0.2, 0.25) is 0 Å². The van der Waals surface area contributed by atoms with Crippen molar-refractivity contribution in [3.05, 3.63) is 113 Å². The van der Waals surface area contributed by atoms with E-state index in [9.17, 15) is 18.0 Å². The van der Waals surface area contributed by atoms with Crippen LogP contribution in [0.1, 0.15) is 58.3 Å². The molecule has 43 heavy (non-hydrogen) atoms. The third-order valence-corrected chi connectivity index (χ3v) is 7.69. The number of nitrogens with zero attached hydrogens (tertiary/aromatic N) is 2. The summed E-state index contributed by atoms with van der Waals surface area (Å²) in [5.74, 6) is -3.67. The lowest BCUT2D eigenvalue weighted by Gasteiger charge is -2.29. The first-order chi connectivity index (χ1) is 20.5. The standard InChI is InChI=1S/C34H32F5N3O/c1-23-7-5-9-25(19-23)32(43)41-30-12-11-28(42-17-3-2-4-18-42)22-29(30)31-21-26(14-16-40-31)33(35,36)15-13-24-8-6-10-27(20-24)34(37,38)39/h5-12,14,16,19-22H,2-4,13,15,17-18H2,1H3,(H,41,43). The number of halogens is 5. The van der Waals surface area contributed by atoms with Gasteiger partial charge in [-0.05, 0) is 86.7 Å². The maximum Gasteiger partial charge on any atom is 0.416 e. The fourth-order valence-corrected chi connectivity index (χ4v) is 5.34. The maximum atomic E-state index is 15.5. The van der Waals surface area contributed by atoms with Crippen molar-refractivity contribution in [1.29, 1.82) is 0 Å². The SMILES string of the molecule is Cc1cccc(C(=O)Nc2ccc(N3CCCCC3)cc2-c2cc(C(F)(F)CCc3cccc(C(F)(F)F)c3)ccn2)c1. The van der Waals surface area contributed by atoms with Gasteiger partial charge in [0.05, 0.1) is 16.9 Å². The van der Waals surface area contributed by atoms with Gasteiger partial charge in [-0.15, -0.1) is 0 Å². The molecule has 0 atom stereocenters. The molecule has 1 aliphatic heterocycles. The van der Waals surface area contributed by atoms with Crippen LogP contribution in [0.25, 0.3) is 11.3 Å². The third kappa shape index (κ3) is 7.39. The van der Waals surface area contributed by atoms with Crippen LogP contribution in [-0.2, 0) is 18.5 Å². The van der Waals surface area contributed by atoms with E-state index < -0.39 is 24.1 Å². The number of pyridine rings is 1. The van der Waals surface area contributed by atoms with E-state index in [-0.39, 0.29) is 29.1 Å². The summed E-state index contributed by atoms with van der Waals surface area (Å²) in [4.78, 5) is 19.8. The second kappa shape index (κ2) is 12.5. The van der Waals surface area contributed by atoms with E-state index in [0.717, 1.165) is 55.7 Å². The van der Waals surface area contributed by atoms with Crippen LogP contribution in [0.15, 0.2) is 85.1 Å². The van der Waals surface area contributed by atoms with Gasteiger partial charge >= 0.3 is 6.18 Å². The minimum atomic E-state index is -4.55. The van der Waals surface area contributed by atoms with Crippen molar-refractivity contribution < 1.29 is 26.7 Å². The third-order valence-electron chi connectivity index (χ3n) is 7.69. The lowest BCUT2D eigenvalue weighted by atomic mass is 9.97. The van der Waals surface area contributed by atoms with Crippen LogP contribution in [0.3, 0.4) is 0 Å². The Morgan fingerprint density at radius 2 is 1.63 bits per heavy atom. The zero-order valence-electron chi connectivity index (χ0n) is 23.7. The summed E-state index contributed by atoms with van der Waals surface area (Å²) >= 11 is 0. The van der Waals surface area contributed by atoms with Gasteiger partial charge in [0.15, 0.2) is 0 Å². The van der Waals surface area contributed by atoms with Crippen LogP contribution in [0.4, 0.5) is 33.3 Å². The van der Waals surface area contributed by atoms with E-state index >= 15 is 8.78 Å². The first-order valence-corrected chi connectivity index (χ1v) is 14.3. The number of hydrogen-bond donors (Lipinski definition) is 1. The molecule has 4 aromatic rings. The number of hydrogen-bond acceptors (Lipinski definition) is 3. The van der Waals surface area contributed by atoms with Crippen molar-refractivity contribution in [2.24, 2.45) is 0 Å². The van der Waals surface area contributed by atoms with Crippen molar-refractivity contribution in [3.63, 3.8) is 0 Å². The molecule has 9 heteroatoms. The zero-order chi connectivity index (χ0) is 30.6. The van der Waals surface area contributed by atoms with Gasteiger partial charge in [-0.25, -0.2) is 8.78 Å². The van der Waals surface area contributed by atoms with E-state index in [1.54, 1.807) is 24.3 Å². The van der Waals surface area contributed by atoms with E-state index in [4.69, 9.17) is 0 Å². The van der Waals surface area contributed by atoms with Crippen molar-refractivity contribution >= 4 is 17.3 Å². The summed E-state index contributed by atoms with van der Waals surface area (Å²) in [6.07, 6.45) is -0.928. The number of aromatic nitrogens is 1. The predicted octanol–water partition coefficient (Wildman–Crippen LogP) is 9.04. The topological polar surface area (TPSA) is 45.2 Å². The molecule has 0 unspecified atom stereocenters. The van der Waals surface area contributed by atoms with Gasteiger partial charge < -0.3 is 10.2 Å². The molecule has 1 N–H and O–H groups in total. The molecule has 1 saturated heterocycles. The number of amides is 1. The number of alkyl halides is 5. The second-order valence-electron chi connectivity index (χ2n) is 10.9. The van der Waals surface area contributed by atoms with Crippen molar-refractivity contribution in [1.82, 2.24) is 4.98 Å². The largest absolute Gasteiger partial charge is 0.416 e. The fraction of sp³-hybridized carbons (Fsp3) is 0.294. The summed E-state index contributed by atoms with van der Waals surface area (Å²) in [7, 11) is 0. The van der Waals surface area contributed by atoms with E-state index in [1.807, 2.05) is 25.1 Å². The first-order valence-electron chi connectivity index (χ1n) is 14.3. The Hall–Kier alpha value is -4.27. The molecule has 1 aliphatic rings. The Labute approximate surface area is 247 Å². The molecule has 0 saturated carbocycles. The number of carbonyl (C=O) groups is 1. The number of rotatable bonds is 8. The van der Waals surface area contributed by atoms with Gasteiger partial charge in [0.25, 0.3) is 11.8 Å². The minimum absolute atomic E-state index is 0.180. The van der Waals surface area contributed by atoms with Crippen LogP contribution >= 0.6 is 0 Å². The van der Waals surface area contributed by atoms with E-state index in [1.165, 1.54) is 30.5 Å². The molecule has 0 aliphatic carbocycles. The fourth-order valence-electron chi connectivity index (χ4n) is 5.34. The summed E-state index contributed by atoms with van der Waals surface area (Å²) in [6.45, 7) is 3.63. The molecule has 3 aromatic carbocycles. The monoisotopic (exact) mass is 593 g/mol. The molecular weight excluding hydrogens is 561 g/mol. The molecule has 224 valence electrons. The van der Waals surface area contributed by atoms with Crippen molar-refractivity contribution in [2.75, 3.05) is 23.3 Å². The van der Waals surface area contributed by atoms with Crippen LogP contribution < -0.4 is 10.2 Å². The Morgan fingerprint density at radius 3 is 2.37 bits per heavy atom. The highest BCUT2D eigenvalue weighted by molar-refractivity contribution is 6.06. The Bertz CT molecular complexity index is 1600. The summed E-state index contributed by atoms with van der Waals surface area (Å²) in [5, 5.41) is 2.93. The molecule has 4 nitrogen and oxygen atoms in total. The van der Waals surface area contributed by atoms with E-state index in [0.29, 0.717) is 16.8 Å². The average molecular weight is 594 g/mol. The number of benzene rings is 3. The number of aryl methyl sites for hydroxylation is 2. The number of nitrogens with one attached hydrogen (secondary N) is 1. The first kappa shape index (κ1) is 30.2. The lowest BCUT2D eigenvalue weighted by Crippen LogP contribution is -2.29. The zero-order valence-corrected chi connectivity index (χ0v) is 23.7. The van der Waals surface area contributed by atoms with Crippen LogP contribution in [-0.4, -0.2) is 24.0 Å². The molecule has 0 radical (unpaired) electrons. The summed E-state index contributed by atoms with van der Waals surface area (Å²) < 4.78 is 70.3. The second-order valence-corrected chi connectivity index (χ2v) is 10.9. The maximum absolute atomic E-state index is 15.5. The predicted molar refractivity (Wildman–Crippen MR) is 159 cm³/mol. The molecule has 1 amide bonds. The molecule has 1 fully saturated rings. The summed E-state index contributed by atoms with van der Waals surface area (Å²) in [5.41, 5.74) is 2.51. The molecule has 2 heterocycles. The number of anilines is 2. The Balaban J connectivity index is 1.45. The minimum Gasteiger partial charge on any atom is -0.372 e. The van der Waals surface area contributed by atoms with Gasteiger partial charge in [0.1, 0.15) is 0 Å². The molecule has 5 rings (SSSR count). The smallest absolute Gasteiger partial charge is 0.372 e. The molecule has 0 spiro atoms. The summed E-state index contributed by atoms with van der Waals surface area (Å²) in [6, 6.07) is 19.7. The highest BCUT2D eigenvalue weighted by Crippen LogP contribution is 2.38. The highest BCUT2D eigenvalue weighted by Gasteiger charge is 2.33. The van der Waals surface area contributed by atoms with Crippen molar-refractivity contribution in [3.8, 4) is 11.3 Å². The molecular formula is C34H32F5N3O. The lowest BCUT2D eigenvalue weighted by molar-refractivity contribution is -0.137. The van der Waals surface area contributed by atoms with Crippen molar-refractivity contribution in [2.45, 2.75) is 51.1 Å². The van der Waals surface area contributed by atoms with E-state index in [2.05, 4.69) is 15.2 Å². The normalized spacial score (nSPS) is 14.0. The average Bonchev–Trinajstić information content (AvgIpc) is 3.00. The quantitative estimate of drug-likeness (QED) is 0.207. The van der Waals surface area contributed by atoms with Gasteiger partial charge in [0, 0.05) is 48.1 Å². The Kier molecular flexibility index (Phi) is 8.80. The Morgan fingerprint density at radius 1 is 0.860 bits per heavy atom. The van der Waals surface area contributed by atoms with Gasteiger partial charge in [-0.3, -0.25) is 9.78 Å². The highest BCUT2D eigenvalue weighted by atomic mass is 19.4. The van der Waals surface area contributed by atoms with Crippen LogP contribution in [0.2, 0.25) is 0 Å². The number of carbonyl (C=O) groups excluding carboxylic acids is 1. The van der Waals surface area contributed by atoms with Crippen LogP contribution in [0.5, 0.6) is 0 Å². The van der Waals surface area contributed by atoms with Gasteiger partial charge in [-0.1, -0.05) is 35.9 Å².